The van der Waals surface area contributed by atoms with E-state index in [2.05, 4.69) is 15.4 Å². The van der Waals surface area contributed by atoms with Gasteiger partial charge in [0.2, 0.25) is 5.91 Å². The van der Waals surface area contributed by atoms with Crippen LogP contribution in [0.15, 0.2) is 55.0 Å². The van der Waals surface area contributed by atoms with Crippen LogP contribution in [0.25, 0.3) is 11.3 Å². The minimum Gasteiger partial charge on any atom is -0.351 e. The Kier molecular flexibility index (Phi) is 6.13. The van der Waals surface area contributed by atoms with Gasteiger partial charge in [0.05, 0.1) is 24.0 Å². The Morgan fingerprint density at radius 2 is 2.09 bits per heavy atom. The zero-order chi connectivity index (χ0) is 23.7. The predicted octanol–water partition coefficient (Wildman–Crippen LogP) is 3.51. The van der Waals surface area contributed by atoms with E-state index in [1.165, 1.54) is 6.07 Å². The molecule has 0 spiro atoms. The molecular formula is C26H28FN5O2. The van der Waals surface area contributed by atoms with Gasteiger partial charge in [-0.3, -0.25) is 19.3 Å². The average Bonchev–Trinajstić information content (AvgIpc) is 3.40. The molecule has 3 atom stereocenters. The number of benzene rings is 1. The van der Waals surface area contributed by atoms with E-state index in [1.54, 1.807) is 41.3 Å². The Labute approximate surface area is 198 Å². The van der Waals surface area contributed by atoms with Crippen LogP contribution in [0.4, 0.5) is 4.39 Å². The number of rotatable bonds is 4. The number of halogens is 1. The highest BCUT2D eigenvalue weighted by Gasteiger charge is 2.44. The zero-order valence-corrected chi connectivity index (χ0v) is 19.2. The molecule has 1 aromatic carbocycles. The number of likely N-dealkylation sites (tertiary alicyclic amines) is 1. The maximum Gasteiger partial charge on any atom is 0.254 e. The molecule has 7 nitrogen and oxygen atoms in total. The minimum absolute atomic E-state index is 0.0245. The third-order valence-electron chi connectivity index (χ3n) is 6.90. The number of hydrogen-bond acceptors (Lipinski definition) is 4. The summed E-state index contributed by atoms with van der Waals surface area (Å²) in [6, 6.07) is 9.74. The summed E-state index contributed by atoms with van der Waals surface area (Å²) in [7, 11) is 1.83. The number of hydrogen-bond donors (Lipinski definition) is 1. The summed E-state index contributed by atoms with van der Waals surface area (Å²) in [4.78, 5) is 32.6. The Hall–Kier alpha value is -3.55. The molecule has 8 heteroatoms. The lowest BCUT2D eigenvalue weighted by molar-refractivity contribution is -0.122. The maximum atomic E-state index is 14.5. The molecule has 1 N–H and O–H groups in total. The van der Waals surface area contributed by atoms with Gasteiger partial charge in [0.15, 0.2) is 0 Å². The monoisotopic (exact) mass is 461 g/mol. The van der Waals surface area contributed by atoms with E-state index in [9.17, 15) is 14.0 Å². The van der Waals surface area contributed by atoms with Crippen LogP contribution in [-0.4, -0.2) is 49.6 Å². The number of carbonyl (C=O) groups excluding carboxylic acids is 2. The number of pyridine rings is 1. The molecule has 5 rings (SSSR count). The Morgan fingerprint density at radius 1 is 1.24 bits per heavy atom. The van der Waals surface area contributed by atoms with Crippen LogP contribution in [0.1, 0.15) is 48.0 Å². The third-order valence-corrected chi connectivity index (χ3v) is 6.90. The van der Waals surface area contributed by atoms with Gasteiger partial charge in [-0.15, -0.1) is 0 Å². The van der Waals surface area contributed by atoms with Gasteiger partial charge in [0.1, 0.15) is 5.82 Å². The molecule has 2 aliphatic rings. The summed E-state index contributed by atoms with van der Waals surface area (Å²) in [5.41, 5.74) is 2.61. The minimum atomic E-state index is -0.272. The molecule has 2 aliphatic heterocycles. The van der Waals surface area contributed by atoms with E-state index >= 15 is 0 Å². The molecule has 2 fully saturated rings. The Morgan fingerprint density at radius 3 is 2.88 bits per heavy atom. The normalized spacial score (nSPS) is 22.6. The van der Waals surface area contributed by atoms with Gasteiger partial charge in [-0.1, -0.05) is 24.6 Å². The number of aryl methyl sites for hydroxylation is 1. The highest BCUT2D eigenvalue weighted by Crippen LogP contribution is 2.34. The van der Waals surface area contributed by atoms with Gasteiger partial charge in [-0.05, 0) is 49.4 Å². The van der Waals surface area contributed by atoms with Gasteiger partial charge < -0.3 is 10.2 Å². The van der Waals surface area contributed by atoms with E-state index in [4.69, 9.17) is 0 Å². The molecule has 2 amide bonds. The molecule has 0 saturated carbocycles. The molecular weight excluding hydrogens is 433 g/mol. The van der Waals surface area contributed by atoms with Gasteiger partial charge in [0, 0.05) is 43.0 Å². The number of aromatic nitrogens is 3. The fourth-order valence-corrected chi connectivity index (χ4v) is 5.28. The number of nitrogens with one attached hydrogen (secondary N) is 1. The second kappa shape index (κ2) is 9.37. The first-order valence-corrected chi connectivity index (χ1v) is 11.8. The van der Waals surface area contributed by atoms with Crippen molar-refractivity contribution in [2.24, 2.45) is 7.05 Å². The van der Waals surface area contributed by atoms with Crippen molar-refractivity contribution < 1.29 is 14.0 Å². The largest absolute Gasteiger partial charge is 0.351 e. The molecule has 3 aromatic rings. The van der Waals surface area contributed by atoms with Gasteiger partial charge in [0.25, 0.3) is 5.91 Å². The van der Waals surface area contributed by atoms with Crippen molar-refractivity contribution >= 4 is 11.8 Å². The van der Waals surface area contributed by atoms with E-state index in [-0.39, 0.29) is 35.8 Å². The molecule has 176 valence electrons. The molecule has 34 heavy (non-hydrogen) atoms. The summed E-state index contributed by atoms with van der Waals surface area (Å²) in [6.07, 6.45) is 9.21. The van der Waals surface area contributed by atoms with Crippen molar-refractivity contribution in [1.29, 1.82) is 0 Å². The third kappa shape index (κ3) is 4.44. The van der Waals surface area contributed by atoms with Crippen LogP contribution in [0.5, 0.6) is 0 Å². The van der Waals surface area contributed by atoms with Crippen molar-refractivity contribution in [3.8, 4) is 11.3 Å². The predicted molar refractivity (Wildman–Crippen MR) is 125 cm³/mol. The lowest BCUT2D eigenvalue weighted by atomic mass is 9.97. The van der Waals surface area contributed by atoms with E-state index in [1.807, 2.05) is 24.2 Å². The first kappa shape index (κ1) is 22.3. The number of amides is 2. The van der Waals surface area contributed by atoms with Crippen LogP contribution >= 0.6 is 0 Å². The summed E-state index contributed by atoms with van der Waals surface area (Å²) < 4.78 is 16.2. The summed E-state index contributed by atoms with van der Waals surface area (Å²) >= 11 is 0. The first-order valence-electron chi connectivity index (χ1n) is 11.8. The van der Waals surface area contributed by atoms with Gasteiger partial charge in [-0.25, -0.2) is 4.39 Å². The highest BCUT2D eigenvalue weighted by atomic mass is 19.1. The van der Waals surface area contributed by atoms with E-state index < -0.39 is 0 Å². The van der Waals surface area contributed by atoms with Crippen LogP contribution < -0.4 is 5.32 Å². The molecule has 2 saturated heterocycles. The molecule has 0 bridgehead atoms. The zero-order valence-electron chi connectivity index (χ0n) is 19.2. The second-order valence-corrected chi connectivity index (χ2v) is 9.22. The van der Waals surface area contributed by atoms with Gasteiger partial charge >= 0.3 is 0 Å². The summed E-state index contributed by atoms with van der Waals surface area (Å²) in [5, 5.41) is 7.34. The fourth-order valence-electron chi connectivity index (χ4n) is 5.28. The molecule has 4 heterocycles. The highest BCUT2D eigenvalue weighted by molar-refractivity contribution is 5.96. The van der Waals surface area contributed by atoms with Crippen LogP contribution in [0.2, 0.25) is 0 Å². The lowest BCUT2D eigenvalue weighted by Gasteiger charge is -2.33. The van der Waals surface area contributed by atoms with Gasteiger partial charge in [-0.2, -0.15) is 5.10 Å². The summed E-state index contributed by atoms with van der Waals surface area (Å²) in [6.45, 7) is 0. The Balaban J connectivity index is 1.49. The molecule has 0 aliphatic carbocycles. The first-order chi connectivity index (χ1) is 16.5. The molecule has 2 aromatic heterocycles. The topological polar surface area (TPSA) is 80.1 Å². The average molecular weight is 462 g/mol. The number of nitrogens with zero attached hydrogens (tertiary/aromatic N) is 4. The number of carbonyl (C=O) groups is 2. The Bertz CT molecular complexity index is 1210. The second-order valence-electron chi connectivity index (χ2n) is 9.22. The van der Waals surface area contributed by atoms with Crippen molar-refractivity contribution in [2.45, 2.75) is 56.7 Å². The van der Waals surface area contributed by atoms with Crippen molar-refractivity contribution in [1.82, 2.24) is 25.0 Å². The van der Waals surface area contributed by atoms with E-state index in [0.717, 1.165) is 24.8 Å². The lowest BCUT2D eigenvalue weighted by Crippen LogP contribution is -2.49. The molecule has 0 unspecified atom stereocenters. The maximum absolute atomic E-state index is 14.5. The molecule has 0 radical (unpaired) electrons. The van der Waals surface area contributed by atoms with Crippen LogP contribution in [-0.2, 0) is 18.3 Å². The van der Waals surface area contributed by atoms with Crippen molar-refractivity contribution in [3.05, 3.63) is 71.9 Å². The van der Waals surface area contributed by atoms with E-state index in [0.29, 0.717) is 36.1 Å². The number of fused-ring (bicyclic) bond motifs is 1. The van der Waals surface area contributed by atoms with Crippen molar-refractivity contribution in [2.75, 3.05) is 0 Å². The SMILES string of the molecule is Cn1cc(-c2cc(C(=O)N3[C@@H](Cc4ccccc4F)C[C@H]4NC(=O)CCCC[C@@H]43)ccn2)cn1. The quantitative estimate of drug-likeness (QED) is 0.645. The smallest absolute Gasteiger partial charge is 0.254 e. The van der Waals surface area contributed by atoms with Crippen LogP contribution in [0.3, 0.4) is 0 Å². The standard InChI is InChI=1S/C26H28FN5O2/c1-31-16-19(15-29-31)22-13-18(10-11-28-22)26(34)32-20(12-17-6-2-3-7-21(17)27)14-23-24(32)8-4-5-9-25(33)30-23/h2-3,6-7,10-11,13,15-16,20,23-24H,4-5,8-9,12,14H2,1H3,(H,30,33)/t20-,23+,24-/m0/s1. The fraction of sp³-hybridized carbons (Fsp3) is 0.385. The summed E-state index contributed by atoms with van der Waals surface area (Å²) in [5.74, 6) is -0.362. The van der Waals surface area contributed by atoms with Crippen LogP contribution in [0, 0.1) is 5.82 Å². The van der Waals surface area contributed by atoms with Crippen molar-refractivity contribution in [3.63, 3.8) is 0 Å².